The summed E-state index contributed by atoms with van der Waals surface area (Å²) in [4.78, 5) is 0. The zero-order valence-electron chi connectivity index (χ0n) is 8.93. The molecule has 0 rings (SSSR count). The number of halogens is 10. The van der Waals surface area contributed by atoms with E-state index in [1.165, 1.54) is 0 Å². The molecule has 0 radical (unpaired) electrons. The molecule has 0 bridgehead atoms. The third-order valence-electron chi connectivity index (χ3n) is 2.29. The van der Waals surface area contributed by atoms with Crippen molar-refractivity contribution in [1.29, 1.82) is 0 Å². The van der Waals surface area contributed by atoms with Gasteiger partial charge in [-0.25, -0.2) is 4.39 Å². The van der Waals surface area contributed by atoms with Crippen LogP contribution in [0.2, 0.25) is 0 Å². The standard InChI is InChI=1S/C8H8F10S/c9-4(6(10,11)12)2-1-3-5(19,7(13,14)15)8(16,17)18/h4,19H,1-3H2. The highest BCUT2D eigenvalue weighted by atomic mass is 32.1. The van der Waals surface area contributed by atoms with Crippen LogP contribution < -0.4 is 0 Å². The van der Waals surface area contributed by atoms with Gasteiger partial charge in [0.15, 0.2) is 6.17 Å². The summed E-state index contributed by atoms with van der Waals surface area (Å²) in [7, 11) is 0. The lowest BCUT2D eigenvalue weighted by atomic mass is 9.98. The topological polar surface area (TPSA) is 0 Å². The van der Waals surface area contributed by atoms with Gasteiger partial charge in [0, 0.05) is 0 Å². The maximum atomic E-state index is 12.4. The molecule has 0 N–H and O–H groups in total. The molecular weight excluding hydrogens is 318 g/mol. The highest BCUT2D eigenvalue weighted by Crippen LogP contribution is 2.50. The Morgan fingerprint density at radius 1 is 0.789 bits per heavy atom. The van der Waals surface area contributed by atoms with Gasteiger partial charge in [0.25, 0.3) is 0 Å². The normalized spacial score (nSPS) is 16.6. The van der Waals surface area contributed by atoms with Crippen LogP contribution >= 0.6 is 12.6 Å². The summed E-state index contributed by atoms with van der Waals surface area (Å²) in [5, 5.41) is 0. The van der Waals surface area contributed by atoms with Crippen molar-refractivity contribution in [1.82, 2.24) is 0 Å². The summed E-state index contributed by atoms with van der Waals surface area (Å²) in [6.07, 6.45) is -24.9. The third-order valence-corrected chi connectivity index (χ3v) is 3.02. The first-order valence-corrected chi connectivity index (χ1v) is 5.14. The number of rotatable bonds is 4. The van der Waals surface area contributed by atoms with E-state index in [0.717, 1.165) is 0 Å². The molecule has 1 unspecified atom stereocenters. The van der Waals surface area contributed by atoms with Crippen molar-refractivity contribution >= 4 is 12.6 Å². The van der Waals surface area contributed by atoms with Crippen molar-refractivity contribution in [2.75, 3.05) is 0 Å². The molecule has 0 aliphatic rings. The van der Waals surface area contributed by atoms with Gasteiger partial charge in [-0.3, -0.25) is 0 Å². The molecule has 0 fully saturated rings. The van der Waals surface area contributed by atoms with E-state index in [1.54, 1.807) is 0 Å². The minimum atomic E-state index is -5.81. The molecule has 0 heterocycles. The minimum Gasteiger partial charge on any atom is -0.237 e. The Morgan fingerprint density at radius 3 is 1.42 bits per heavy atom. The van der Waals surface area contributed by atoms with Crippen molar-refractivity contribution in [2.24, 2.45) is 0 Å². The predicted molar refractivity (Wildman–Crippen MR) is 48.6 cm³/mol. The molecule has 1 atom stereocenters. The van der Waals surface area contributed by atoms with Crippen LogP contribution in [0.3, 0.4) is 0 Å². The second-order valence-electron chi connectivity index (χ2n) is 3.76. The first-order valence-electron chi connectivity index (χ1n) is 4.69. The summed E-state index contributed by atoms with van der Waals surface area (Å²) in [5.74, 6) is 0. The van der Waals surface area contributed by atoms with E-state index >= 15 is 0 Å². The Labute approximate surface area is 106 Å². The van der Waals surface area contributed by atoms with E-state index in [2.05, 4.69) is 12.6 Å². The lowest BCUT2D eigenvalue weighted by Gasteiger charge is -2.33. The molecule has 19 heavy (non-hydrogen) atoms. The summed E-state index contributed by atoms with van der Waals surface area (Å²) in [5.41, 5.74) is 0. The highest BCUT2D eigenvalue weighted by molar-refractivity contribution is 7.82. The fraction of sp³-hybridized carbons (Fsp3) is 1.00. The van der Waals surface area contributed by atoms with Crippen LogP contribution in [0.25, 0.3) is 0 Å². The van der Waals surface area contributed by atoms with Gasteiger partial charge in [-0.2, -0.15) is 52.1 Å². The van der Waals surface area contributed by atoms with Crippen molar-refractivity contribution in [3.05, 3.63) is 0 Å². The summed E-state index contributed by atoms with van der Waals surface area (Å²) in [6, 6.07) is 0. The number of hydrogen-bond donors (Lipinski definition) is 1. The highest BCUT2D eigenvalue weighted by Gasteiger charge is 2.68. The minimum absolute atomic E-state index is 1.26. The Balaban J connectivity index is 4.74. The average molecular weight is 326 g/mol. The van der Waals surface area contributed by atoms with Crippen LogP contribution in [0.15, 0.2) is 0 Å². The molecule has 0 nitrogen and oxygen atoms in total. The van der Waals surface area contributed by atoms with E-state index in [9.17, 15) is 43.9 Å². The van der Waals surface area contributed by atoms with Crippen LogP contribution in [0, 0.1) is 0 Å². The van der Waals surface area contributed by atoms with Gasteiger partial charge in [-0.05, 0) is 19.3 Å². The van der Waals surface area contributed by atoms with E-state index in [-0.39, 0.29) is 0 Å². The second kappa shape index (κ2) is 5.57. The van der Waals surface area contributed by atoms with E-state index in [1.807, 2.05) is 0 Å². The molecule has 0 saturated heterocycles. The Hall–Kier alpha value is -0.350. The molecule has 11 heteroatoms. The zero-order valence-corrected chi connectivity index (χ0v) is 9.82. The van der Waals surface area contributed by atoms with Gasteiger partial charge >= 0.3 is 18.5 Å². The number of thiol groups is 1. The van der Waals surface area contributed by atoms with Crippen molar-refractivity contribution < 1.29 is 43.9 Å². The van der Waals surface area contributed by atoms with Crippen molar-refractivity contribution in [2.45, 2.75) is 48.7 Å². The van der Waals surface area contributed by atoms with Crippen LogP contribution in [-0.2, 0) is 0 Å². The van der Waals surface area contributed by atoms with Crippen LogP contribution in [0.5, 0.6) is 0 Å². The quantitative estimate of drug-likeness (QED) is 0.554. The number of alkyl halides is 10. The zero-order chi connectivity index (χ0) is 15.7. The Morgan fingerprint density at radius 2 is 1.16 bits per heavy atom. The molecule has 0 aliphatic heterocycles. The molecule has 0 aromatic rings. The van der Waals surface area contributed by atoms with Crippen LogP contribution in [0.4, 0.5) is 43.9 Å². The van der Waals surface area contributed by atoms with E-state index in [0.29, 0.717) is 0 Å². The SMILES string of the molecule is FC(CCCC(S)(C(F)(F)F)C(F)(F)F)C(F)(F)F. The van der Waals surface area contributed by atoms with Gasteiger partial charge in [0.05, 0.1) is 0 Å². The molecule has 0 aromatic carbocycles. The van der Waals surface area contributed by atoms with Gasteiger partial charge in [-0.1, -0.05) is 0 Å². The Bertz CT molecular complexity index is 273. The van der Waals surface area contributed by atoms with E-state index < -0.39 is 48.7 Å². The summed E-state index contributed by atoms with van der Waals surface area (Å²) >= 11 is 2.50. The van der Waals surface area contributed by atoms with E-state index in [4.69, 9.17) is 0 Å². The predicted octanol–water partition coefficient (Wildman–Crippen LogP) is 4.85. The van der Waals surface area contributed by atoms with Crippen LogP contribution in [-0.4, -0.2) is 29.4 Å². The lowest BCUT2D eigenvalue weighted by molar-refractivity contribution is -0.266. The average Bonchev–Trinajstić information content (AvgIpc) is 2.11. The monoisotopic (exact) mass is 326 g/mol. The molecule has 0 spiro atoms. The number of hydrogen-bond acceptors (Lipinski definition) is 1. The van der Waals surface area contributed by atoms with Crippen molar-refractivity contribution in [3.8, 4) is 0 Å². The summed E-state index contributed by atoms with van der Waals surface area (Å²) in [6.45, 7) is 0. The molecular formula is C8H8F10S. The largest absolute Gasteiger partial charge is 0.419 e. The van der Waals surface area contributed by atoms with Crippen LogP contribution in [0.1, 0.15) is 19.3 Å². The fourth-order valence-corrected chi connectivity index (χ4v) is 1.30. The molecule has 0 aliphatic carbocycles. The Kier molecular flexibility index (Phi) is 5.46. The first-order chi connectivity index (χ1) is 8.13. The fourth-order valence-electron chi connectivity index (χ4n) is 1.14. The smallest absolute Gasteiger partial charge is 0.237 e. The second-order valence-corrected chi connectivity index (χ2v) is 4.52. The lowest BCUT2D eigenvalue weighted by Crippen LogP contribution is -2.52. The molecule has 0 saturated carbocycles. The van der Waals surface area contributed by atoms with Crippen molar-refractivity contribution in [3.63, 3.8) is 0 Å². The molecule has 0 amide bonds. The van der Waals surface area contributed by atoms with Gasteiger partial charge in [0.2, 0.25) is 4.75 Å². The maximum Gasteiger partial charge on any atom is 0.419 e. The first kappa shape index (κ1) is 18.7. The van der Waals surface area contributed by atoms with Gasteiger partial charge < -0.3 is 0 Å². The molecule has 116 valence electrons. The summed E-state index contributed by atoms with van der Waals surface area (Å²) < 4.78 is 116. The van der Waals surface area contributed by atoms with Gasteiger partial charge in [0.1, 0.15) is 0 Å². The molecule has 0 aromatic heterocycles. The maximum absolute atomic E-state index is 12.4. The van der Waals surface area contributed by atoms with Gasteiger partial charge in [-0.15, -0.1) is 0 Å². The third kappa shape index (κ3) is 4.60.